The van der Waals surface area contributed by atoms with Gasteiger partial charge in [0.2, 0.25) is 5.78 Å². The maximum atomic E-state index is 12.5. The van der Waals surface area contributed by atoms with E-state index in [9.17, 15) is 18.0 Å². The molecule has 0 aliphatic carbocycles. The SMILES string of the molecule is Cc1cc(C(=O)COC(=O)c2ccc(Cl)cc2)c(C)n1[C@H]1CCS(=O)(=O)C1. The van der Waals surface area contributed by atoms with Crippen LogP contribution in [0.4, 0.5) is 0 Å². The fourth-order valence-corrected chi connectivity index (χ4v) is 5.30. The van der Waals surface area contributed by atoms with Crippen LogP contribution in [0.2, 0.25) is 5.02 Å². The Balaban J connectivity index is 1.71. The lowest BCUT2D eigenvalue weighted by Gasteiger charge is -2.16. The Morgan fingerprint density at radius 1 is 1.22 bits per heavy atom. The molecule has 2 heterocycles. The van der Waals surface area contributed by atoms with Gasteiger partial charge in [0.05, 0.1) is 17.1 Å². The molecule has 6 nitrogen and oxygen atoms in total. The summed E-state index contributed by atoms with van der Waals surface area (Å²) in [6, 6.07) is 7.77. The van der Waals surface area contributed by atoms with Gasteiger partial charge in [-0.3, -0.25) is 4.79 Å². The van der Waals surface area contributed by atoms with Crippen molar-refractivity contribution in [3.8, 4) is 0 Å². The number of hydrogen-bond acceptors (Lipinski definition) is 5. The molecule has 0 bridgehead atoms. The van der Waals surface area contributed by atoms with Crippen LogP contribution in [-0.2, 0) is 14.6 Å². The molecule has 0 radical (unpaired) electrons. The number of rotatable bonds is 5. The highest BCUT2D eigenvalue weighted by Crippen LogP contribution is 2.29. The molecule has 0 unspecified atom stereocenters. The molecule has 1 aliphatic rings. The molecule has 3 rings (SSSR count). The summed E-state index contributed by atoms with van der Waals surface area (Å²) in [5, 5.41) is 0.504. The topological polar surface area (TPSA) is 82.4 Å². The molecule has 2 aromatic rings. The Kier molecular flexibility index (Phi) is 5.44. The number of nitrogens with zero attached hydrogens (tertiary/aromatic N) is 1. The fraction of sp³-hybridized carbons (Fsp3) is 0.368. The Labute approximate surface area is 163 Å². The molecule has 144 valence electrons. The second-order valence-corrected chi connectivity index (χ2v) is 9.38. The van der Waals surface area contributed by atoms with E-state index >= 15 is 0 Å². The minimum absolute atomic E-state index is 0.0859. The van der Waals surface area contributed by atoms with Crippen molar-refractivity contribution >= 4 is 33.2 Å². The van der Waals surface area contributed by atoms with E-state index in [0.29, 0.717) is 28.3 Å². The Bertz CT molecular complexity index is 992. The van der Waals surface area contributed by atoms with E-state index in [1.54, 1.807) is 25.1 Å². The molecule has 1 aliphatic heterocycles. The molecule has 1 aromatic heterocycles. The summed E-state index contributed by atoms with van der Waals surface area (Å²) in [5.74, 6) is -0.674. The first kappa shape index (κ1) is 19.6. The zero-order valence-corrected chi connectivity index (χ0v) is 16.6. The Hall–Kier alpha value is -2.12. The minimum Gasteiger partial charge on any atom is -0.454 e. The van der Waals surface area contributed by atoms with Crippen LogP contribution in [-0.4, -0.2) is 42.9 Å². The van der Waals surface area contributed by atoms with E-state index in [1.165, 1.54) is 12.1 Å². The van der Waals surface area contributed by atoms with E-state index in [0.717, 1.165) is 5.69 Å². The predicted octanol–water partition coefficient (Wildman–Crippen LogP) is 3.16. The van der Waals surface area contributed by atoms with Gasteiger partial charge in [0.15, 0.2) is 16.4 Å². The van der Waals surface area contributed by atoms with Crippen LogP contribution < -0.4 is 0 Å². The number of ether oxygens (including phenoxy) is 1. The summed E-state index contributed by atoms with van der Waals surface area (Å²) in [5.41, 5.74) is 2.28. The van der Waals surface area contributed by atoms with E-state index in [1.807, 2.05) is 11.5 Å². The van der Waals surface area contributed by atoms with Crippen LogP contribution in [0.1, 0.15) is 44.6 Å². The standard InChI is InChI=1S/C19H20ClNO5S/c1-12-9-17(13(2)21(12)16-7-8-27(24,25)11-16)18(22)10-26-19(23)14-3-5-15(20)6-4-14/h3-6,9,16H,7-8,10-11H2,1-2H3/t16-/m0/s1. The molecular formula is C19H20ClNO5S. The zero-order chi connectivity index (χ0) is 19.8. The van der Waals surface area contributed by atoms with Crippen molar-refractivity contribution < 1.29 is 22.7 Å². The van der Waals surface area contributed by atoms with Crippen LogP contribution in [0.5, 0.6) is 0 Å². The molecular weight excluding hydrogens is 390 g/mol. The van der Waals surface area contributed by atoms with Crippen LogP contribution >= 0.6 is 11.6 Å². The van der Waals surface area contributed by atoms with E-state index in [4.69, 9.17) is 16.3 Å². The van der Waals surface area contributed by atoms with Crippen molar-refractivity contribution in [1.29, 1.82) is 0 Å². The molecule has 1 saturated heterocycles. The largest absolute Gasteiger partial charge is 0.454 e. The average Bonchev–Trinajstić information content (AvgIpc) is 3.11. The summed E-state index contributed by atoms with van der Waals surface area (Å²) < 4.78 is 30.5. The molecule has 8 heteroatoms. The third kappa shape index (κ3) is 4.25. The number of ketones is 1. The number of sulfone groups is 1. The van der Waals surface area contributed by atoms with Crippen LogP contribution in [0.15, 0.2) is 30.3 Å². The molecule has 1 aromatic carbocycles. The first-order valence-corrected chi connectivity index (χ1v) is 10.7. The first-order chi connectivity index (χ1) is 12.7. The second-order valence-electron chi connectivity index (χ2n) is 6.72. The molecule has 0 saturated carbocycles. The predicted molar refractivity (Wildman–Crippen MR) is 102 cm³/mol. The van der Waals surface area contributed by atoms with Gasteiger partial charge in [0.1, 0.15) is 0 Å². The molecule has 0 N–H and O–H groups in total. The van der Waals surface area contributed by atoms with Gasteiger partial charge in [-0.1, -0.05) is 11.6 Å². The van der Waals surface area contributed by atoms with Gasteiger partial charge in [0.25, 0.3) is 0 Å². The summed E-state index contributed by atoms with van der Waals surface area (Å²) in [4.78, 5) is 24.6. The van der Waals surface area contributed by atoms with Crippen molar-refractivity contribution in [3.63, 3.8) is 0 Å². The first-order valence-electron chi connectivity index (χ1n) is 8.52. The smallest absolute Gasteiger partial charge is 0.338 e. The van der Waals surface area contributed by atoms with Crippen LogP contribution in [0.3, 0.4) is 0 Å². The number of hydrogen-bond donors (Lipinski definition) is 0. The van der Waals surface area contributed by atoms with Gasteiger partial charge in [-0.2, -0.15) is 0 Å². The molecule has 0 spiro atoms. The molecule has 0 amide bonds. The number of carbonyl (C=O) groups is 2. The van der Waals surface area contributed by atoms with Crippen LogP contribution in [0, 0.1) is 13.8 Å². The average molecular weight is 410 g/mol. The van der Waals surface area contributed by atoms with E-state index in [2.05, 4.69) is 0 Å². The quantitative estimate of drug-likeness (QED) is 0.559. The zero-order valence-electron chi connectivity index (χ0n) is 15.1. The van der Waals surface area contributed by atoms with Gasteiger partial charge in [-0.15, -0.1) is 0 Å². The number of aromatic nitrogens is 1. The van der Waals surface area contributed by atoms with Gasteiger partial charge in [-0.05, 0) is 50.6 Å². The number of benzene rings is 1. The monoisotopic (exact) mass is 409 g/mol. The maximum absolute atomic E-state index is 12.5. The minimum atomic E-state index is -3.03. The lowest BCUT2D eigenvalue weighted by Crippen LogP contribution is -2.17. The summed E-state index contributed by atoms with van der Waals surface area (Å²) >= 11 is 5.78. The van der Waals surface area contributed by atoms with Gasteiger partial charge in [0, 0.05) is 28.0 Å². The van der Waals surface area contributed by atoms with Crippen molar-refractivity contribution in [2.45, 2.75) is 26.3 Å². The lowest BCUT2D eigenvalue weighted by atomic mass is 10.1. The molecule has 27 heavy (non-hydrogen) atoms. The number of aryl methyl sites for hydroxylation is 1. The van der Waals surface area contributed by atoms with E-state index in [-0.39, 0.29) is 29.9 Å². The lowest BCUT2D eigenvalue weighted by molar-refractivity contribution is 0.0474. The highest BCUT2D eigenvalue weighted by molar-refractivity contribution is 7.91. The number of halogens is 1. The third-order valence-electron chi connectivity index (χ3n) is 4.77. The maximum Gasteiger partial charge on any atom is 0.338 e. The molecule has 1 fully saturated rings. The normalized spacial score (nSPS) is 18.4. The van der Waals surface area contributed by atoms with Gasteiger partial charge in [-0.25, -0.2) is 13.2 Å². The summed E-state index contributed by atoms with van der Waals surface area (Å²) in [6.07, 6.45) is 0.540. The highest BCUT2D eigenvalue weighted by atomic mass is 35.5. The summed E-state index contributed by atoms with van der Waals surface area (Å²) in [7, 11) is -3.03. The number of Topliss-reactive ketones (excluding diaryl/α,β-unsaturated/α-hetero) is 1. The number of esters is 1. The van der Waals surface area contributed by atoms with Crippen LogP contribution in [0.25, 0.3) is 0 Å². The fourth-order valence-electron chi connectivity index (χ4n) is 3.48. The van der Waals surface area contributed by atoms with Gasteiger partial charge >= 0.3 is 5.97 Å². The van der Waals surface area contributed by atoms with Crippen molar-refractivity contribution in [2.75, 3.05) is 18.1 Å². The highest BCUT2D eigenvalue weighted by Gasteiger charge is 2.31. The second kappa shape index (κ2) is 7.48. The van der Waals surface area contributed by atoms with Crippen molar-refractivity contribution in [2.24, 2.45) is 0 Å². The Morgan fingerprint density at radius 2 is 1.89 bits per heavy atom. The third-order valence-corrected chi connectivity index (χ3v) is 6.77. The Morgan fingerprint density at radius 3 is 2.48 bits per heavy atom. The van der Waals surface area contributed by atoms with Crippen molar-refractivity contribution in [1.82, 2.24) is 4.57 Å². The van der Waals surface area contributed by atoms with Gasteiger partial charge < -0.3 is 9.30 Å². The van der Waals surface area contributed by atoms with Crippen molar-refractivity contribution in [3.05, 3.63) is 57.9 Å². The number of carbonyl (C=O) groups excluding carboxylic acids is 2. The molecule has 1 atom stereocenters. The summed E-state index contributed by atoms with van der Waals surface area (Å²) in [6.45, 7) is 3.25. The van der Waals surface area contributed by atoms with E-state index < -0.39 is 15.8 Å².